The zero-order valence-corrected chi connectivity index (χ0v) is 17.5. The molecule has 1 aromatic heterocycles. The molecule has 3 aromatic rings. The average Bonchev–Trinajstić information content (AvgIpc) is 3.19. The molecule has 0 N–H and O–H groups in total. The number of benzene rings is 2. The molecular formula is C24H25N5O2. The quantitative estimate of drug-likeness (QED) is 0.361. The lowest BCUT2D eigenvalue weighted by molar-refractivity contribution is -0.392. The third-order valence-corrected chi connectivity index (χ3v) is 5.61. The average molecular weight is 415 g/mol. The van der Waals surface area contributed by atoms with Crippen molar-refractivity contribution in [3.05, 3.63) is 88.4 Å². The summed E-state index contributed by atoms with van der Waals surface area (Å²) in [6.45, 7) is 5.66. The van der Waals surface area contributed by atoms with E-state index >= 15 is 0 Å². The first-order valence-corrected chi connectivity index (χ1v) is 10.4. The second kappa shape index (κ2) is 9.45. The predicted molar refractivity (Wildman–Crippen MR) is 121 cm³/mol. The number of anilines is 1. The van der Waals surface area contributed by atoms with Gasteiger partial charge in [0.05, 0.1) is 6.04 Å². The van der Waals surface area contributed by atoms with Crippen LogP contribution in [-0.2, 0) is 6.54 Å². The van der Waals surface area contributed by atoms with Gasteiger partial charge in [-0.15, -0.1) is 0 Å². The van der Waals surface area contributed by atoms with Gasteiger partial charge in [-0.3, -0.25) is 4.90 Å². The Morgan fingerprint density at radius 1 is 1.03 bits per heavy atom. The predicted octanol–water partition coefficient (Wildman–Crippen LogP) is 3.67. The third kappa shape index (κ3) is 4.76. The summed E-state index contributed by atoms with van der Waals surface area (Å²) in [6.07, 6.45) is 1.29. The Bertz CT molecular complexity index is 1080. The molecule has 1 aliphatic heterocycles. The van der Waals surface area contributed by atoms with Crippen molar-refractivity contribution in [1.82, 2.24) is 14.5 Å². The van der Waals surface area contributed by atoms with Gasteiger partial charge in [0.1, 0.15) is 6.20 Å². The Hall–Kier alpha value is -3.63. The highest BCUT2D eigenvalue weighted by Crippen LogP contribution is 2.24. The van der Waals surface area contributed by atoms with Gasteiger partial charge in [-0.25, -0.2) is 4.98 Å². The van der Waals surface area contributed by atoms with E-state index in [9.17, 15) is 10.1 Å². The number of para-hydroxylation sites is 1. The van der Waals surface area contributed by atoms with Crippen LogP contribution in [0.3, 0.4) is 0 Å². The Morgan fingerprint density at radius 2 is 1.68 bits per heavy atom. The van der Waals surface area contributed by atoms with Crippen molar-refractivity contribution < 1.29 is 4.92 Å². The normalized spacial score (nSPS) is 15.2. The van der Waals surface area contributed by atoms with Crippen LogP contribution in [-0.4, -0.2) is 45.6 Å². The zero-order valence-electron chi connectivity index (χ0n) is 17.5. The summed E-state index contributed by atoms with van der Waals surface area (Å²) in [5, 5.41) is 11.2. The minimum atomic E-state index is -0.417. The number of imidazole rings is 1. The molecule has 1 saturated heterocycles. The first kappa shape index (κ1) is 20.6. The number of nitro groups is 1. The Morgan fingerprint density at radius 3 is 2.32 bits per heavy atom. The van der Waals surface area contributed by atoms with Gasteiger partial charge >= 0.3 is 5.82 Å². The molecule has 1 fully saturated rings. The van der Waals surface area contributed by atoms with Crippen LogP contribution < -0.4 is 4.90 Å². The maximum Gasteiger partial charge on any atom is 0.343 e. The fraction of sp³-hybridized carbons (Fsp3) is 0.292. The van der Waals surface area contributed by atoms with Gasteiger partial charge in [0.25, 0.3) is 0 Å². The minimum Gasteiger partial charge on any atom is -0.369 e. The molecule has 0 bridgehead atoms. The number of rotatable bonds is 5. The highest BCUT2D eigenvalue weighted by atomic mass is 16.6. The van der Waals surface area contributed by atoms with Crippen molar-refractivity contribution in [1.29, 1.82) is 0 Å². The summed E-state index contributed by atoms with van der Waals surface area (Å²) in [6, 6.07) is 20.6. The minimum absolute atomic E-state index is 0.0282. The van der Waals surface area contributed by atoms with Gasteiger partial charge < -0.3 is 15.0 Å². The van der Waals surface area contributed by atoms with E-state index in [2.05, 4.69) is 63.0 Å². The molecule has 4 rings (SSSR count). The van der Waals surface area contributed by atoms with Crippen molar-refractivity contribution in [2.45, 2.75) is 19.5 Å². The molecule has 0 aliphatic carbocycles. The van der Waals surface area contributed by atoms with Crippen molar-refractivity contribution in [3.63, 3.8) is 0 Å². The van der Waals surface area contributed by atoms with E-state index in [0.717, 1.165) is 31.7 Å². The molecular weight excluding hydrogens is 390 g/mol. The van der Waals surface area contributed by atoms with Crippen molar-refractivity contribution in [2.24, 2.45) is 0 Å². The third-order valence-electron chi connectivity index (χ3n) is 5.61. The molecule has 31 heavy (non-hydrogen) atoms. The molecule has 1 unspecified atom stereocenters. The van der Waals surface area contributed by atoms with Gasteiger partial charge in [0.2, 0.25) is 0 Å². The van der Waals surface area contributed by atoms with Gasteiger partial charge in [-0.1, -0.05) is 60.4 Å². The van der Waals surface area contributed by atoms with E-state index < -0.39 is 4.92 Å². The number of nitrogens with zero attached hydrogens (tertiary/aromatic N) is 5. The zero-order chi connectivity index (χ0) is 21.6. The molecule has 0 saturated carbocycles. The van der Waals surface area contributed by atoms with Crippen LogP contribution in [0, 0.1) is 28.9 Å². The Kier molecular flexibility index (Phi) is 6.29. The molecule has 0 radical (unpaired) electrons. The van der Waals surface area contributed by atoms with Crippen LogP contribution in [0.25, 0.3) is 0 Å². The summed E-state index contributed by atoms with van der Waals surface area (Å²) in [5.41, 5.74) is 2.38. The molecule has 7 heteroatoms. The van der Waals surface area contributed by atoms with E-state index in [4.69, 9.17) is 0 Å². The maximum atomic E-state index is 11.2. The number of piperazine rings is 1. The van der Waals surface area contributed by atoms with Crippen molar-refractivity contribution >= 4 is 11.5 Å². The van der Waals surface area contributed by atoms with E-state index in [1.54, 1.807) is 11.5 Å². The van der Waals surface area contributed by atoms with Crippen LogP contribution >= 0.6 is 0 Å². The number of aromatic nitrogens is 2. The van der Waals surface area contributed by atoms with Gasteiger partial charge in [-0.2, -0.15) is 4.57 Å². The van der Waals surface area contributed by atoms with Crippen LogP contribution in [0.5, 0.6) is 0 Å². The molecule has 1 aliphatic rings. The SMILES string of the molecule is Cc1ncc([N+](=O)[O-])n1CC#CC(c1ccccc1)N1CCN(c2ccccc2)CC1. The summed E-state index contributed by atoms with van der Waals surface area (Å²) in [4.78, 5) is 19.7. The molecule has 2 aromatic carbocycles. The van der Waals surface area contributed by atoms with Gasteiger partial charge in [-0.05, 0) is 22.6 Å². The molecule has 1 atom stereocenters. The Balaban J connectivity index is 1.52. The summed E-state index contributed by atoms with van der Waals surface area (Å²) < 4.78 is 1.54. The number of hydrogen-bond donors (Lipinski definition) is 0. The van der Waals surface area contributed by atoms with Crippen LogP contribution in [0.4, 0.5) is 11.5 Å². The van der Waals surface area contributed by atoms with Crippen LogP contribution in [0.1, 0.15) is 17.4 Å². The second-order valence-corrected chi connectivity index (χ2v) is 7.50. The fourth-order valence-electron chi connectivity index (χ4n) is 3.92. The van der Waals surface area contributed by atoms with Crippen molar-refractivity contribution in [3.8, 4) is 11.8 Å². The number of hydrogen-bond acceptors (Lipinski definition) is 5. The van der Waals surface area contributed by atoms with Gasteiger partial charge in [0, 0.05) is 38.8 Å². The highest BCUT2D eigenvalue weighted by molar-refractivity contribution is 5.46. The first-order valence-electron chi connectivity index (χ1n) is 10.4. The summed E-state index contributed by atoms with van der Waals surface area (Å²) >= 11 is 0. The van der Waals surface area contributed by atoms with Crippen LogP contribution in [0.2, 0.25) is 0 Å². The lowest BCUT2D eigenvalue weighted by Crippen LogP contribution is -2.47. The topological polar surface area (TPSA) is 67.4 Å². The van der Waals surface area contributed by atoms with E-state index in [1.165, 1.54) is 11.9 Å². The standard InChI is InChI=1S/C24H25N5O2/c1-20-25-19-24(29(30)31)28(20)14-8-13-23(21-9-4-2-5-10-21)27-17-15-26(16-18-27)22-11-6-3-7-12-22/h2-7,9-12,19,23H,14-18H2,1H3. The fourth-order valence-corrected chi connectivity index (χ4v) is 3.92. The van der Waals surface area contributed by atoms with E-state index in [-0.39, 0.29) is 18.4 Å². The van der Waals surface area contributed by atoms with E-state index in [0.29, 0.717) is 5.82 Å². The molecule has 2 heterocycles. The Labute approximate surface area is 182 Å². The smallest absolute Gasteiger partial charge is 0.343 e. The second-order valence-electron chi connectivity index (χ2n) is 7.50. The highest BCUT2D eigenvalue weighted by Gasteiger charge is 2.24. The largest absolute Gasteiger partial charge is 0.369 e. The van der Waals surface area contributed by atoms with Crippen LogP contribution in [0.15, 0.2) is 66.9 Å². The lowest BCUT2D eigenvalue weighted by atomic mass is 10.0. The van der Waals surface area contributed by atoms with Crippen molar-refractivity contribution in [2.75, 3.05) is 31.1 Å². The first-order chi connectivity index (χ1) is 15.1. The summed E-state index contributed by atoms with van der Waals surface area (Å²) in [7, 11) is 0. The molecule has 158 valence electrons. The monoisotopic (exact) mass is 415 g/mol. The number of aryl methyl sites for hydroxylation is 1. The van der Waals surface area contributed by atoms with Gasteiger partial charge in [0.15, 0.2) is 12.4 Å². The van der Waals surface area contributed by atoms with E-state index in [1.807, 2.05) is 24.3 Å². The molecule has 0 amide bonds. The summed E-state index contributed by atoms with van der Waals surface area (Å²) in [5.74, 6) is 7.12. The maximum absolute atomic E-state index is 11.2. The molecule has 0 spiro atoms. The lowest BCUT2D eigenvalue weighted by Gasteiger charge is -2.38. The molecule has 7 nitrogen and oxygen atoms in total.